The summed E-state index contributed by atoms with van der Waals surface area (Å²) in [6.45, 7) is 11.0. The molecule has 7 nitrogen and oxygen atoms in total. The summed E-state index contributed by atoms with van der Waals surface area (Å²) in [5.41, 5.74) is 3.49. The molecule has 0 radical (unpaired) electrons. The summed E-state index contributed by atoms with van der Waals surface area (Å²) in [5.74, 6) is 0.856. The molecule has 2 heterocycles. The second-order valence-electron chi connectivity index (χ2n) is 7.33. The number of ether oxygens (including phenoxy) is 1. The van der Waals surface area contributed by atoms with E-state index in [1.807, 2.05) is 11.7 Å². The van der Waals surface area contributed by atoms with Gasteiger partial charge in [0.15, 0.2) is 5.96 Å². The highest BCUT2D eigenvalue weighted by Crippen LogP contribution is 2.13. The van der Waals surface area contributed by atoms with Gasteiger partial charge in [-0.25, -0.2) is 0 Å². The highest BCUT2D eigenvalue weighted by molar-refractivity contribution is 5.79. The van der Waals surface area contributed by atoms with Crippen LogP contribution in [0.2, 0.25) is 0 Å². The summed E-state index contributed by atoms with van der Waals surface area (Å²) in [6.07, 6.45) is 6.65. The van der Waals surface area contributed by atoms with E-state index in [0.29, 0.717) is 6.61 Å². The maximum atomic E-state index is 5.16. The number of methoxy groups -OCH3 is 1. The Balaban J connectivity index is 1.73. The molecule has 1 saturated heterocycles. The Morgan fingerprint density at radius 3 is 2.52 bits per heavy atom. The molecule has 0 aromatic carbocycles. The first-order valence-electron chi connectivity index (χ1n) is 10.3. The predicted molar refractivity (Wildman–Crippen MR) is 111 cm³/mol. The molecular weight excluding hydrogens is 340 g/mol. The van der Waals surface area contributed by atoms with Crippen molar-refractivity contribution in [3.8, 4) is 0 Å². The van der Waals surface area contributed by atoms with Crippen LogP contribution in [0.25, 0.3) is 0 Å². The van der Waals surface area contributed by atoms with E-state index in [9.17, 15) is 0 Å². The first kappa shape index (κ1) is 21.7. The lowest BCUT2D eigenvalue weighted by Crippen LogP contribution is -2.38. The van der Waals surface area contributed by atoms with Crippen LogP contribution in [0.1, 0.15) is 49.1 Å². The average Bonchev–Trinajstić information content (AvgIpc) is 2.85. The van der Waals surface area contributed by atoms with E-state index < -0.39 is 0 Å². The number of rotatable bonds is 9. The van der Waals surface area contributed by atoms with Crippen molar-refractivity contribution in [2.45, 2.75) is 59.0 Å². The van der Waals surface area contributed by atoms with Crippen LogP contribution in [-0.2, 0) is 17.8 Å². The SMILES string of the molecule is CN=C(NCCCN1CCCCCC1)NCc1c(C)nn(CCOC)c1C. The number of hydrogen-bond acceptors (Lipinski definition) is 4. The first-order chi connectivity index (χ1) is 13.2. The third-order valence-corrected chi connectivity index (χ3v) is 5.34. The average molecular weight is 379 g/mol. The van der Waals surface area contributed by atoms with Gasteiger partial charge in [-0.2, -0.15) is 5.10 Å². The minimum absolute atomic E-state index is 0.676. The third kappa shape index (κ3) is 7.14. The van der Waals surface area contributed by atoms with E-state index in [4.69, 9.17) is 4.74 Å². The second kappa shape index (κ2) is 12.0. The monoisotopic (exact) mass is 378 g/mol. The molecule has 1 aromatic heterocycles. The smallest absolute Gasteiger partial charge is 0.191 e. The van der Waals surface area contributed by atoms with E-state index in [1.54, 1.807) is 7.11 Å². The number of hydrogen-bond donors (Lipinski definition) is 2. The molecule has 7 heteroatoms. The normalized spacial score (nSPS) is 16.4. The topological polar surface area (TPSA) is 66.7 Å². The minimum Gasteiger partial charge on any atom is -0.383 e. The Labute approximate surface area is 164 Å². The third-order valence-electron chi connectivity index (χ3n) is 5.34. The van der Waals surface area contributed by atoms with E-state index in [0.717, 1.165) is 37.7 Å². The van der Waals surface area contributed by atoms with Gasteiger partial charge in [0.2, 0.25) is 0 Å². The van der Waals surface area contributed by atoms with Crippen LogP contribution in [0, 0.1) is 13.8 Å². The van der Waals surface area contributed by atoms with E-state index in [1.165, 1.54) is 56.6 Å². The number of aryl methyl sites for hydroxylation is 1. The number of aromatic nitrogens is 2. The summed E-state index contributed by atoms with van der Waals surface area (Å²) in [7, 11) is 3.54. The molecule has 1 aliphatic heterocycles. The van der Waals surface area contributed by atoms with Gasteiger partial charge in [-0.05, 0) is 52.7 Å². The lowest BCUT2D eigenvalue weighted by molar-refractivity contribution is 0.182. The zero-order valence-corrected chi connectivity index (χ0v) is 17.7. The van der Waals surface area contributed by atoms with Gasteiger partial charge >= 0.3 is 0 Å². The standard InChI is InChI=1S/C20H38N6O/c1-17-19(18(2)26(24-17)14-15-27-4)16-23-20(21-3)22-10-9-13-25-11-7-5-6-8-12-25/h5-16H2,1-4H3,(H2,21,22,23). The molecule has 1 fully saturated rings. The second-order valence-corrected chi connectivity index (χ2v) is 7.33. The molecule has 0 amide bonds. The summed E-state index contributed by atoms with van der Waals surface area (Å²) in [4.78, 5) is 6.95. The van der Waals surface area contributed by atoms with Crippen molar-refractivity contribution in [1.29, 1.82) is 0 Å². The molecule has 1 aromatic rings. The summed E-state index contributed by atoms with van der Waals surface area (Å²) in [5, 5.41) is 11.5. The number of guanidine groups is 1. The van der Waals surface area contributed by atoms with Crippen molar-refractivity contribution in [2.24, 2.45) is 4.99 Å². The molecule has 1 aliphatic rings. The lowest BCUT2D eigenvalue weighted by atomic mass is 10.2. The highest BCUT2D eigenvalue weighted by atomic mass is 16.5. The molecule has 154 valence electrons. The molecular formula is C20H38N6O. The molecule has 2 N–H and O–H groups in total. The zero-order chi connectivity index (χ0) is 19.5. The van der Waals surface area contributed by atoms with Gasteiger partial charge < -0.3 is 20.3 Å². The van der Waals surface area contributed by atoms with Gasteiger partial charge in [0.05, 0.1) is 18.8 Å². The van der Waals surface area contributed by atoms with Crippen molar-refractivity contribution in [3.05, 3.63) is 17.0 Å². The van der Waals surface area contributed by atoms with Gasteiger partial charge in [-0.15, -0.1) is 0 Å². The highest BCUT2D eigenvalue weighted by Gasteiger charge is 2.12. The fraction of sp³-hybridized carbons (Fsp3) is 0.800. The molecule has 0 spiro atoms. The number of nitrogens with one attached hydrogen (secondary N) is 2. The fourth-order valence-electron chi connectivity index (χ4n) is 3.65. The maximum absolute atomic E-state index is 5.16. The summed E-state index contributed by atoms with van der Waals surface area (Å²) < 4.78 is 7.18. The van der Waals surface area contributed by atoms with Crippen LogP contribution in [0.5, 0.6) is 0 Å². The van der Waals surface area contributed by atoms with Crippen LogP contribution < -0.4 is 10.6 Å². The Bertz CT molecular complexity index is 575. The van der Waals surface area contributed by atoms with Crippen molar-refractivity contribution in [3.63, 3.8) is 0 Å². The molecule has 0 bridgehead atoms. The van der Waals surface area contributed by atoms with Crippen molar-refractivity contribution in [1.82, 2.24) is 25.3 Å². The van der Waals surface area contributed by atoms with Gasteiger partial charge in [0.25, 0.3) is 0 Å². The Hall–Kier alpha value is -1.60. The predicted octanol–water partition coefficient (Wildman–Crippen LogP) is 2.08. The van der Waals surface area contributed by atoms with E-state index in [-0.39, 0.29) is 0 Å². The number of aliphatic imine (C=N–C) groups is 1. The number of likely N-dealkylation sites (tertiary alicyclic amines) is 1. The lowest BCUT2D eigenvalue weighted by Gasteiger charge is -2.20. The van der Waals surface area contributed by atoms with Gasteiger partial charge in [-0.1, -0.05) is 12.8 Å². The molecule has 0 saturated carbocycles. The van der Waals surface area contributed by atoms with Crippen LogP contribution in [0.15, 0.2) is 4.99 Å². The van der Waals surface area contributed by atoms with Gasteiger partial charge in [0.1, 0.15) is 0 Å². The number of nitrogens with zero attached hydrogens (tertiary/aromatic N) is 4. The van der Waals surface area contributed by atoms with Gasteiger partial charge in [-0.3, -0.25) is 9.67 Å². The quantitative estimate of drug-likeness (QED) is 0.391. The summed E-state index contributed by atoms with van der Waals surface area (Å²) >= 11 is 0. The van der Waals surface area contributed by atoms with E-state index >= 15 is 0 Å². The fourth-order valence-corrected chi connectivity index (χ4v) is 3.65. The molecule has 0 atom stereocenters. The molecule has 2 rings (SSSR count). The molecule has 27 heavy (non-hydrogen) atoms. The maximum Gasteiger partial charge on any atom is 0.191 e. The first-order valence-corrected chi connectivity index (χ1v) is 10.3. The minimum atomic E-state index is 0.676. The van der Waals surface area contributed by atoms with Crippen LogP contribution in [0.4, 0.5) is 0 Å². The van der Waals surface area contributed by atoms with E-state index in [2.05, 4.69) is 39.5 Å². The van der Waals surface area contributed by atoms with Crippen molar-refractivity contribution >= 4 is 5.96 Å². The van der Waals surface area contributed by atoms with Crippen molar-refractivity contribution in [2.75, 3.05) is 46.9 Å². The van der Waals surface area contributed by atoms with Crippen LogP contribution in [-0.4, -0.2) is 67.6 Å². The summed E-state index contributed by atoms with van der Waals surface area (Å²) in [6, 6.07) is 0. The van der Waals surface area contributed by atoms with Crippen LogP contribution >= 0.6 is 0 Å². The molecule has 0 unspecified atom stereocenters. The Kier molecular flexibility index (Phi) is 9.62. The largest absolute Gasteiger partial charge is 0.383 e. The van der Waals surface area contributed by atoms with Gasteiger partial charge in [0, 0.05) is 38.5 Å². The Morgan fingerprint density at radius 1 is 1.11 bits per heavy atom. The van der Waals surface area contributed by atoms with Crippen molar-refractivity contribution < 1.29 is 4.74 Å². The van der Waals surface area contributed by atoms with Crippen LogP contribution in [0.3, 0.4) is 0 Å². The zero-order valence-electron chi connectivity index (χ0n) is 17.7. The Morgan fingerprint density at radius 2 is 1.85 bits per heavy atom. The molecule has 0 aliphatic carbocycles.